The Labute approximate surface area is 539 Å². The lowest BCUT2D eigenvalue weighted by Gasteiger charge is -2.07. The van der Waals surface area contributed by atoms with E-state index >= 15 is 0 Å². The van der Waals surface area contributed by atoms with Crippen LogP contribution in [0.5, 0.6) is 0 Å². The van der Waals surface area contributed by atoms with Crippen molar-refractivity contribution in [2.45, 2.75) is 61.1 Å². The molecule has 10 rings (SSSR count). The van der Waals surface area contributed by atoms with E-state index < -0.39 is 11.6 Å². The molecule has 8 N–H and O–H groups in total. The Morgan fingerprint density at radius 1 is 0.293 bits per heavy atom. The lowest BCUT2D eigenvalue weighted by Crippen LogP contribution is -1.94. The van der Waals surface area contributed by atoms with Crippen molar-refractivity contribution in [3.05, 3.63) is 205 Å². The van der Waals surface area contributed by atoms with E-state index in [4.69, 9.17) is 46.8 Å². The van der Waals surface area contributed by atoms with Crippen LogP contribution in [0.4, 0.5) is 13.2 Å². The first-order valence-electron chi connectivity index (χ1n) is 23.3. The van der Waals surface area contributed by atoms with Gasteiger partial charge in [-0.15, -0.1) is 37.3 Å². The van der Waals surface area contributed by atoms with Gasteiger partial charge >= 0.3 is 0 Å². The molecule has 0 spiro atoms. The fourth-order valence-corrected chi connectivity index (χ4v) is 11.7. The molecule has 0 unspecified atom stereocenters. The quantitative estimate of drug-likeness (QED) is 0.0515. The number of hydrogen-bond donors (Lipinski definition) is 4. The van der Waals surface area contributed by atoms with Gasteiger partial charge in [0, 0.05) is 37.5 Å². The van der Waals surface area contributed by atoms with E-state index in [1.54, 1.807) is 6.07 Å². The highest BCUT2D eigenvalue weighted by atomic mass is 79.9. The van der Waals surface area contributed by atoms with Gasteiger partial charge in [-0.3, -0.25) is 0 Å². The lowest BCUT2D eigenvalue weighted by molar-refractivity contribution is -0.195. The summed E-state index contributed by atoms with van der Waals surface area (Å²) >= 11 is 33.3. The smallest absolute Gasteiger partial charge is 0.159 e. The van der Waals surface area contributed by atoms with Crippen LogP contribution in [0.2, 0.25) is 10.0 Å². The molecule has 10 aromatic carbocycles. The van der Waals surface area contributed by atoms with Crippen molar-refractivity contribution in [2.24, 2.45) is 23.6 Å². The standard InChI is InChI=1S/C12H10F2.C11H9Br2NO2S.2C11H9BrClNO2S.C11H9BrFNO2S/c1-7-3-9-5-11(13)12(14)6-10(9)4-8(7)2;1-6-2-7-3-9(12)10(13)4-8(7)5-11(6)17-16-15-14;1-6-2-7-4-10(13)9(12)3-8(7)5-11(6)17-16-15-14;1-6-2-7-3-9(12)10(13)4-8(7)5-11(6)17-16-15-14;1-6-2-7-4-10(13)9(12)3-8(7)5-11(6)17-16-15-14/h3-6H,1-2H3;4*2-5H,14H2,1H3. The molecule has 0 saturated carbocycles. The molecule has 0 amide bonds. The van der Waals surface area contributed by atoms with Crippen LogP contribution >= 0.6 is 151 Å². The van der Waals surface area contributed by atoms with Crippen LogP contribution in [0.25, 0.3) is 53.9 Å². The number of aryl methyl sites for hydroxylation is 6. The van der Waals surface area contributed by atoms with Crippen LogP contribution in [0.15, 0.2) is 163 Å². The molecule has 0 radical (unpaired) electrons. The van der Waals surface area contributed by atoms with Gasteiger partial charge in [0.1, 0.15) is 5.82 Å². The maximum Gasteiger partial charge on any atom is 0.159 e. The van der Waals surface area contributed by atoms with Crippen LogP contribution in [0.1, 0.15) is 33.4 Å². The summed E-state index contributed by atoms with van der Waals surface area (Å²) in [5.74, 6) is 17.4. The molecule has 0 aliphatic rings. The summed E-state index contributed by atoms with van der Waals surface area (Å²) in [7, 11) is 0. The summed E-state index contributed by atoms with van der Waals surface area (Å²) in [4.78, 5) is 20.0. The molecule has 12 nitrogen and oxygen atoms in total. The summed E-state index contributed by atoms with van der Waals surface area (Å²) in [5.41, 5.74) is 6.38. The summed E-state index contributed by atoms with van der Waals surface area (Å²) in [6.07, 6.45) is 0. The fourth-order valence-electron chi connectivity index (χ4n) is 7.65. The van der Waals surface area contributed by atoms with Crippen molar-refractivity contribution < 1.29 is 50.5 Å². The molecule has 0 atom stereocenters. The second-order valence-electron chi connectivity index (χ2n) is 17.5. The van der Waals surface area contributed by atoms with Gasteiger partial charge in [-0.1, -0.05) is 59.6 Å². The minimum Gasteiger partial charge on any atom is -0.206 e. The number of hydrogen-bond acceptors (Lipinski definition) is 16. The first-order valence-corrected chi connectivity index (χ1v) is 31.0. The summed E-state index contributed by atoms with van der Waals surface area (Å²) in [5, 5.41) is 11.2. The molecule has 0 bridgehead atoms. The third-order valence-electron chi connectivity index (χ3n) is 11.8. The normalized spacial score (nSPS) is 11.0. The van der Waals surface area contributed by atoms with E-state index in [-0.39, 0.29) is 5.82 Å². The predicted octanol–water partition coefficient (Wildman–Crippen LogP) is 20.9. The number of fused-ring (bicyclic) bond motifs is 5. The maximum absolute atomic E-state index is 13.4. The molecule has 82 heavy (non-hydrogen) atoms. The molecule has 0 aromatic heterocycles. The topological polar surface area (TPSA) is 178 Å². The molecular formula is C56H46Br5Cl2F3N4O8S4. The second kappa shape index (κ2) is 32.8. The van der Waals surface area contributed by atoms with Gasteiger partial charge in [0.2, 0.25) is 0 Å². The average Bonchev–Trinajstić information content (AvgIpc) is 3.60. The summed E-state index contributed by atoms with van der Waals surface area (Å²) in [6, 6.07) is 37.3. The van der Waals surface area contributed by atoms with Crippen molar-refractivity contribution in [3.8, 4) is 0 Å². The van der Waals surface area contributed by atoms with Gasteiger partial charge in [0.25, 0.3) is 0 Å². The van der Waals surface area contributed by atoms with Crippen molar-refractivity contribution in [2.75, 3.05) is 0 Å². The Morgan fingerprint density at radius 2 is 0.512 bits per heavy atom. The van der Waals surface area contributed by atoms with E-state index in [1.165, 1.54) is 18.2 Å². The number of nitrogens with two attached hydrogens (primary N) is 4. The predicted molar refractivity (Wildman–Crippen MR) is 345 cm³/mol. The Hall–Kier alpha value is -2.81. The Kier molecular flexibility index (Phi) is 27.3. The van der Waals surface area contributed by atoms with Gasteiger partial charge < -0.3 is 0 Å². The molecular weight excluding hydrogens is 1510 g/mol. The monoisotopic (exact) mass is 1550 g/mol. The van der Waals surface area contributed by atoms with Crippen LogP contribution in [0, 0.1) is 59.0 Å². The molecule has 26 heteroatoms. The third kappa shape index (κ3) is 19.1. The number of rotatable bonds is 12. The van der Waals surface area contributed by atoms with E-state index in [2.05, 4.69) is 135 Å². The maximum atomic E-state index is 13.4. The second-order valence-corrected chi connectivity index (χ2v) is 25.5. The molecule has 10 aromatic rings. The Bertz CT molecular complexity index is 3440. The van der Waals surface area contributed by atoms with Gasteiger partial charge in [0.15, 0.2) is 11.6 Å². The van der Waals surface area contributed by atoms with Gasteiger partial charge in [0.05, 0.1) is 62.7 Å². The zero-order valence-electron chi connectivity index (χ0n) is 43.5. The van der Waals surface area contributed by atoms with E-state index in [0.717, 1.165) is 173 Å². The van der Waals surface area contributed by atoms with Crippen molar-refractivity contribution in [1.82, 2.24) is 0 Å². The fraction of sp³-hybridized carbons (Fsp3) is 0.107. The average molecular weight is 1560 g/mol. The van der Waals surface area contributed by atoms with Crippen molar-refractivity contribution >= 4 is 205 Å². The Morgan fingerprint density at radius 3 is 0.817 bits per heavy atom. The first-order chi connectivity index (χ1) is 39.0. The highest BCUT2D eigenvalue weighted by Crippen LogP contribution is 2.37. The van der Waals surface area contributed by atoms with Crippen LogP contribution < -0.4 is 23.6 Å². The number of halogens is 10. The lowest BCUT2D eigenvalue weighted by atomic mass is 10.0. The molecule has 0 aliphatic carbocycles. The largest absolute Gasteiger partial charge is 0.206 e. The van der Waals surface area contributed by atoms with E-state index in [1.807, 2.05) is 120 Å². The van der Waals surface area contributed by atoms with E-state index in [0.29, 0.717) is 14.5 Å². The zero-order chi connectivity index (χ0) is 59.9. The first kappa shape index (κ1) is 68.3. The van der Waals surface area contributed by atoms with E-state index in [9.17, 15) is 13.2 Å². The molecule has 0 saturated heterocycles. The third-order valence-corrected chi connectivity index (χ3v) is 19.7. The molecule has 0 fully saturated rings. The SMILES string of the molecule is Cc1cc2cc(Br)c(Br)cc2cc1SOON.Cc1cc2cc(Br)c(Cl)cc2cc1SOON.Cc1cc2cc(Cl)c(Br)cc2cc1SOON.Cc1cc2cc(F)c(Br)cc2cc1SOON.Cc1cc2cc(F)c(F)cc2cc1C. The molecule has 0 aliphatic heterocycles. The van der Waals surface area contributed by atoms with Crippen LogP contribution in [0.3, 0.4) is 0 Å². The summed E-state index contributed by atoms with van der Waals surface area (Å²) in [6.45, 7) is 11.8. The minimum atomic E-state index is -0.791. The highest BCUT2D eigenvalue weighted by Gasteiger charge is 2.12. The van der Waals surface area contributed by atoms with Gasteiger partial charge in [-0.25, -0.2) is 13.2 Å². The molecule has 432 valence electrons. The van der Waals surface area contributed by atoms with Crippen molar-refractivity contribution in [3.63, 3.8) is 0 Å². The highest BCUT2D eigenvalue weighted by molar-refractivity contribution is 9.13. The van der Waals surface area contributed by atoms with Gasteiger partial charge in [-0.05, 0) is 293 Å². The number of benzene rings is 10. The zero-order valence-corrected chi connectivity index (χ0v) is 56.2. The van der Waals surface area contributed by atoms with Crippen LogP contribution in [-0.4, -0.2) is 0 Å². The summed E-state index contributed by atoms with van der Waals surface area (Å²) < 4.78 is 62.0. The van der Waals surface area contributed by atoms with Crippen molar-refractivity contribution in [1.29, 1.82) is 0 Å². The molecule has 0 heterocycles. The van der Waals surface area contributed by atoms with Gasteiger partial charge in [-0.2, -0.15) is 23.6 Å². The Balaban J connectivity index is 0.000000165. The minimum absolute atomic E-state index is 0.279. The van der Waals surface area contributed by atoms with Crippen LogP contribution in [-0.2, 0) is 37.3 Å².